The molecule has 1 aromatic heterocycles. The topological polar surface area (TPSA) is 54.9 Å². The second-order valence-corrected chi connectivity index (χ2v) is 5.81. The minimum absolute atomic E-state index is 0.618. The predicted molar refractivity (Wildman–Crippen MR) is 95.5 cm³/mol. The monoisotopic (exact) mass is 333 g/mol. The molecule has 1 aromatic carbocycles. The van der Waals surface area contributed by atoms with Crippen LogP contribution in [-0.2, 0) is 13.1 Å². The van der Waals surface area contributed by atoms with Crippen LogP contribution in [0.1, 0.15) is 17.4 Å². The molecule has 0 amide bonds. The van der Waals surface area contributed by atoms with Crippen molar-refractivity contribution in [2.24, 2.45) is 4.99 Å². The number of ether oxygens (including phenoxy) is 2. The number of hydrogen-bond donors (Lipinski definition) is 2. The summed E-state index contributed by atoms with van der Waals surface area (Å²) in [7, 11) is 3.42. The number of methoxy groups -OCH3 is 1. The normalized spacial score (nSPS) is 11.2. The summed E-state index contributed by atoms with van der Waals surface area (Å²) >= 11 is 1.73. The van der Waals surface area contributed by atoms with Crippen LogP contribution in [0.4, 0.5) is 0 Å². The van der Waals surface area contributed by atoms with Gasteiger partial charge in [0.1, 0.15) is 0 Å². The molecule has 2 aromatic rings. The molecule has 0 unspecified atom stereocenters. The number of guanidine groups is 1. The van der Waals surface area contributed by atoms with Crippen molar-refractivity contribution in [3.63, 3.8) is 0 Å². The standard InChI is InChI=1S/C17H23N3O2S/c1-4-22-15-8-7-13(10-16(15)21-3)11-19-17(18-2)20-12-14-6-5-9-23-14/h5-10H,4,11-12H2,1-3H3,(H2,18,19,20). The van der Waals surface area contributed by atoms with Gasteiger partial charge < -0.3 is 20.1 Å². The van der Waals surface area contributed by atoms with Gasteiger partial charge in [-0.3, -0.25) is 4.99 Å². The highest BCUT2D eigenvalue weighted by molar-refractivity contribution is 7.09. The van der Waals surface area contributed by atoms with Gasteiger partial charge in [0.25, 0.3) is 0 Å². The Hall–Kier alpha value is -2.21. The molecule has 0 bridgehead atoms. The van der Waals surface area contributed by atoms with E-state index < -0.39 is 0 Å². The van der Waals surface area contributed by atoms with E-state index >= 15 is 0 Å². The number of nitrogens with one attached hydrogen (secondary N) is 2. The van der Waals surface area contributed by atoms with Crippen LogP contribution in [0, 0.1) is 0 Å². The van der Waals surface area contributed by atoms with E-state index in [9.17, 15) is 0 Å². The quantitative estimate of drug-likeness (QED) is 0.604. The first kappa shape index (κ1) is 17.1. The summed E-state index contributed by atoms with van der Waals surface area (Å²) in [5.41, 5.74) is 1.10. The van der Waals surface area contributed by atoms with E-state index in [2.05, 4.69) is 27.1 Å². The molecule has 0 spiro atoms. The number of aliphatic imine (C=N–C) groups is 1. The number of rotatable bonds is 7. The van der Waals surface area contributed by atoms with Crippen LogP contribution < -0.4 is 20.1 Å². The molecule has 0 saturated heterocycles. The van der Waals surface area contributed by atoms with Gasteiger partial charge in [0.05, 0.1) is 20.3 Å². The summed E-state index contributed by atoms with van der Waals surface area (Å²) in [5, 5.41) is 8.66. The number of nitrogens with zero attached hydrogens (tertiary/aromatic N) is 1. The van der Waals surface area contributed by atoms with Gasteiger partial charge in [0.2, 0.25) is 0 Å². The van der Waals surface area contributed by atoms with Crippen LogP contribution in [0.25, 0.3) is 0 Å². The molecule has 1 heterocycles. The average Bonchev–Trinajstić information content (AvgIpc) is 3.09. The van der Waals surface area contributed by atoms with E-state index in [0.29, 0.717) is 13.2 Å². The molecule has 0 atom stereocenters. The fourth-order valence-corrected chi connectivity index (χ4v) is 2.73. The summed E-state index contributed by atoms with van der Waals surface area (Å²) < 4.78 is 10.9. The average molecular weight is 333 g/mol. The second kappa shape index (κ2) is 9.05. The number of thiophene rings is 1. The highest BCUT2D eigenvalue weighted by atomic mass is 32.1. The molecule has 6 heteroatoms. The molecule has 23 heavy (non-hydrogen) atoms. The van der Waals surface area contributed by atoms with Crippen LogP contribution in [0.2, 0.25) is 0 Å². The van der Waals surface area contributed by atoms with Crippen molar-refractivity contribution in [3.05, 3.63) is 46.2 Å². The van der Waals surface area contributed by atoms with E-state index in [1.165, 1.54) is 4.88 Å². The zero-order valence-electron chi connectivity index (χ0n) is 13.8. The summed E-state index contributed by atoms with van der Waals surface area (Å²) in [6.45, 7) is 4.00. The Morgan fingerprint density at radius 2 is 2.00 bits per heavy atom. The Labute approximate surface area is 141 Å². The maximum Gasteiger partial charge on any atom is 0.191 e. The lowest BCUT2D eigenvalue weighted by atomic mass is 10.2. The zero-order chi connectivity index (χ0) is 16.5. The van der Waals surface area contributed by atoms with Crippen LogP contribution in [0.5, 0.6) is 11.5 Å². The zero-order valence-corrected chi connectivity index (χ0v) is 14.6. The highest BCUT2D eigenvalue weighted by Gasteiger charge is 2.06. The Balaban J connectivity index is 1.90. The Morgan fingerprint density at radius 1 is 1.17 bits per heavy atom. The maximum atomic E-state index is 5.53. The lowest BCUT2D eigenvalue weighted by molar-refractivity contribution is 0.310. The summed E-state index contributed by atoms with van der Waals surface area (Å²) in [4.78, 5) is 5.51. The van der Waals surface area contributed by atoms with Crippen LogP contribution >= 0.6 is 11.3 Å². The van der Waals surface area contributed by atoms with Crippen molar-refractivity contribution in [1.29, 1.82) is 0 Å². The van der Waals surface area contributed by atoms with Crippen molar-refractivity contribution in [3.8, 4) is 11.5 Å². The van der Waals surface area contributed by atoms with E-state index in [-0.39, 0.29) is 0 Å². The molecule has 124 valence electrons. The predicted octanol–water partition coefficient (Wildman–Crippen LogP) is 3.02. The van der Waals surface area contributed by atoms with Gasteiger partial charge in [-0.1, -0.05) is 12.1 Å². The van der Waals surface area contributed by atoms with Gasteiger partial charge in [-0.15, -0.1) is 11.3 Å². The minimum Gasteiger partial charge on any atom is -0.493 e. The first-order chi connectivity index (χ1) is 11.3. The lowest BCUT2D eigenvalue weighted by Crippen LogP contribution is -2.36. The van der Waals surface area contributed by atoms with Crippen LogP contribution in [0.3, 0.4) is 0 Å². The molecule has 0 aliphatic heterocycles. The summed E-state index contributed by atoms with van der Waals surface area (Å²) in [6.07, 6.45) is 0. The van der Waals surface area contributed by atoms with Crippen LogP contribution in [0.15, 0.2) is 40.7 Å². The van der Waals surface area contributed by atoms with Crippen molar-refractivity contribution in [1.82, 2.24) is 10.6 Å². The molecule has 5 nitrogen and oxygen atoms in total. The van der Waals surface area contributed by atoms with Gasteiger partial charge in [-0.2, -0.15) is 0 Å². The van der Waals surface area contributed by atoms with Crippen molar-refractivity contribution in [2.75, 3.05) is 20.8 Å². The number of hydrogen-bond acceptors (Lipinski definition) is 4. The molecule has 0 fully saturated rings. The highest BCUT2D eigenvalue weighted by Crippen LogP contribution is 2.27. The fraction of sp³-hybridized carbons (Fsp3) is 0.353. The van der Waals surface area contributed by atoms with E-state index in [4.69, 9.17) is 9.47 Å². The fourth-order valence-electron chi connectivity index (χ4n) is 2.09. The van der Waals surface area contributed by atoms with Gasteiger partial charge in [0, 0.05) is 18.5 Å². The third kappa shape index (κ3) is 5.17. The first-order valence-corrected chi connectivity index (χ1v) is 8.41. The van der Waals surface area contributed by atoms with E-state index in [0.717, 1.165) is 29.6 Å². The molecule has 0 aliphatic rings. The second-order valence-electron chi connectivity index (χ2n) is 4.78. The maximum absolute atomic E-state index is 5.53. The molecule has 2 rings (SSSR count). The smallest absolute Gasteiger partial charge is 0.191 e. The Kier molecular flexibility index (Phi) is 6.75. The van der Waals surface area contributed by atoms with Crippen molar-refractivity contribution >= 4 is 17.3 Å². The lowest BCUT2D eigenvalue weighted by Gasteiger charge is -2.13. The van der Waals surface area contributed by atoms with Gasteiger partial charge in [-0.05, 0) is 36.1 Å². The van der Waals surface area contributed by atoms with Crippen molar-refractivity contribution in [2.45, 2.75) is 20.0 Å². The molecule has 0 saturated carbocycles. The van der Waals surface area contributed by atoms with Crippen LogP contribution in [-0.4, -0.2) is 26.7 Å². The minimum atomic E-state index is 0.618. The summed E-state index contributed by atoms with van der Waals surface area (Å²) in [5.74, 6) is 2.28. The number of benzene rings is 1. The SMILES string of the molecule is CCOc1ccc(CNC(=NC)NCc2cccs2)cc1OC. The Morgan fingerprint density at radius 3 is 2.65 bits per heavy atom. The largest absolute Gasteiger partial charge is 0.493 e. The van der Waals surface area contributed by atoms with Gasteiger partial charge >= 0.3 is 0 Å². The van der Waals surface area contributed by atoms with E-state index in [1.54, 1.807) is 25.5 Å². The first-order valence-electron chi connectivity index (χ1n) is 7.53. The van der Waals surface area contributed by atoms with Gasteiger partial charge in [-0.25, -0.2) is 0 Å². The van der Waals surface area contributed by atoms with Gasteiger partial charge in [0.15, 0.2) is 17.5 Å². The third-order valence-corrected chi connectivity index (χ3v) is 4.10. The molecular formula is C17H23N3O2S. The molecule has 2 N–H and O–H groups in total. The summed E-state index contributed by atoms with van der Waals surface area (Å²) in [6, 6.07) is 10.1. The molecule has 0 aliphatic carbocycles. The third-order valence-electron chi connectivity index (χ3n) is 3.22. The molecule has 0 radical (unpaired) electrons. The van der Waals surface area contributed by atoms with E-state index in [1.807, 2.05) is 31.2 Å². The molecular weight excluding hydrogens is 310 g/mol. The Bertz CT molecular complexity index is 627. The van der Waals surface area contributed by atoms with Crippen molar-refractivity contribution < 1.29 is 9.47 Å².